The third-order valence-electron chi connectivity index (χ3n) is 3.96. The molecule has 1 unspecified atom stereocenters. The molecule has 0 fully saturated rings. The maximum absolute atomic E-state index is 12.4. The van der Waals surface area contributed by atoms with Crippen LogP contribution in [0.3, 0.4) is 0 Å². The second-order valence-corrected chi connectivity index (χ2v) is 8.96. The molecule has 0 saturated carbocycles. The largest absolute Gasteiger partial charge is 0.444 e. The number of alkyl carbamates (subject to hydrolysis) is 1. The quantitative estimate of drug-likeness (QED) is 0.220. The summed E-state index contributed by atoms with van der Waals surface area (Å²) in [5, 5.41) is 12.4. The molecule has 0 spiro atoms. The van der Waals surface area contributed by atoms with E-state index in [-0.39, 0.29) is 5.91 Å². The maximum atomic E-state index is 12.4. The fraction of sp³-hybridized carbons (Fsp3) is 0.900. The van der Waals surface area contributed by atoms with E-state index >= 15 is 0 Å². The average molecular weight is 434 g/mol. The number of nitrogens with one attached hydrogen (secondary N) is 4. The van der Waals surface area contributed by atoms with Gasteiger partial charge in [0.2, 0.25) is 5.91 Å². The molecule has 0 heterocycles. The number of thioether (sulfide) groups is 1. The SMILES string of the molecule is CSCCC(NC(=O)OC(C)(C)C)C(=O)NCCCNCCCCNCCCN. The topological polar surface area (TPSA) is 118 Å². The predicted molar refractivity (Wildman–Crippen MR) is 122 cm³/mol. The smallest absolute Gasteiger partial charge is 0.408 e. The number of rotatable bonds is 17. The second kappa shape index (κ2) is 17.8. The molecule has 29 heavy (non-hydrogen) atoms. The van der Waals surface area contributed by atoms with E-state index in [1.165, 1.54) is 0 Å². The maximum Gasteiger partial charge on any atom is 0.408 e. The van der Waals surface area contributed by atoms with E-state index in [9.17, 15) is 9.59 Å². The Labute approximate surface area is 181 Å². The minimum absolute atomic E-state index is 0.159. The number of carbonyl (C=O) groups excluding carboxylic acids is 2. The first-order chi connectivity index (χ1) is 13.8. The molecule has 0 radical (unpaired) electrons. The Morgan fingerprint density at radius 1 is 0.966 bits per heavy atom. The average Bonchev–Trinajstić information content (AvgIpc) is 2.64. The lowest BCUT2D eigenvalue weighted by Crippen LogP contribution is -2.48. The van der Waals surface area contributed by atoms with Gasteiger partial charge in [0, 0.05) is 6.54 Å². The highest BCUT2D eigenvalue weighted by Crippen LogP contribution is 2.08. The van der Waals surface area contributed by atoms with Crippen LogP contribution in [0.1, 0.15) is 52.9 Å². The standard InChI is InChI=1S/C20H43N5O3S/c1-20(2,3)28-19(27)25-17(9-16-29-4)18(26)24-15-8-14-23-12-6-5-11-22-13-7-10-21/h17,22-23H,5-16,21H2,1-4H3,(H,24,26)(H,25,27). The summed E-state index contributed by atoms with van der Waals surface area (Å²) in [7, 11) is 0. The molecule has 6 N–H and O–H groups in total. The van der Waals surface area contributed by atoms with E-state index in [0.717, 1.165) is 64.2 Å². The van der Waals surface area contributed by atoms with Gasteiger partial charge in [-0.15, -0.1) is 0 Å². The van der Waals surface area contributed by atoms with Gasteiger partial charge in [-0.05, 0) is 97.6 Å². The van der Waals surface area contributed by atoms with Gasteiger partial charge in [0.25, 0.3) is 0 Å². The van der Waals surface area contributed by atoms with Crippen LogP contribution in [0.5, 0.6) is 0 Å². The molecule has 172 valence electrons. The summed E-state index contributed by atoms with van der Waals surface area (Å²) in [5.74, 6) is 0.629. The van der Waals surface area contributed by atoms with Crippen molar-refractivity contribution in [2.45, 2.75) is 64.5 Å². The minimum atomic E-state index is -0.586. The molecule has 0 aliphatic heterocycles. The Hall–Kier alpha value is -1.03. The first-order valence-electron chi connectivity index (χ1n) is 10.7. The molecule has 0 aliphatic rings. The molecular formula is C20H43N5O3S. The van der Waals surface area contributed by atoms with Crippen LogP contribution in [-0.2, 0) is 9.53 Å². The Morgan fingerprint density at radius 3 is 2.10 bits per heavy atom. The Balaban J connectivity index is 3.89. The monoisotopic (exact) mass is 433 g/mol. The lowest BCUT2D eigenvalue weighted by atomic mass is 10.2. The van der Waals surface area contributed by atoms with E-state index < -0.39 is 17.7 Å². The van der Waals surface area contributed by atoms with Crippen molar-refractivity contribution < 1.29 is 14.3 Å². The highest BCUT2D eigenvalue weighted by molar-refractivity contribution is 7.98. The molecule has 0 rings (SSSR count). The van der Waals surface area contributed by atoms with E-state index in [2.05, 4.69) is 21.3 Å². The summed E-state index contributed by atoms with van der Waals surface area (Å²) < 4.78 is 5.26. The van der Waals surface area contributed by atoms with E-state index in [1.807, 2.05) is 6.26 Å². The number of nitrogens with two attached hydrogens (primary N) is 1. The number of carbonyl (C=O) groups is 2. The molecule has 0 bridgehead atoms. The molecule has 8 nitrogen and oxygen atoms in total. The summed E-state index contributed by atoms with van der Waals surface area (Å²) >= 11 is 1.64. The Bertz CT molecular complexity index is 433. The van der Waals surface area contributed by atoms with Crippen molar-refractivity contribution in [3.63, 3.8) is 0 Å². The zero-order valence-corrected chi connectivity index (χ0v) is 19.6. The van der Waals surface area contributed by atoms with Gasteiger partial charge in [-0.3, -0.25) is 4.79 Å². The number of hydrogen-bond acceptors (Lipinski definition) is 7. The molecule has 9 heteroatoms. The second-order valence-electron chi connectivity index (χ2n) is 7.97. The van der Waals surface area contributed by atoms with Crippen molar-refractivity contribution >= 4 is 23.8 Å². The van der Waals surface area contributed by atoms with E-state index in [1.54, 1.807) is 32.5 Å². The first-order valence-corrected chi connectivity index (χ1v) is 12.1. The summed E-state index contributed by atoms with van der Waals surface area (Å²) in [6.07, 6.45) is 6.13. The van der Waals surface area contributed by atoms with Crippen molar-refractivity contribution in [2.24, 2.45) is 5.73 Å². The van der Waals surface area contributed by atoms with E-state index in [4.69, 9.17) is 10.5 Å². The highest BCUT2D eigenvalue weighted by Gasteiger charge is 2.23. The van der Waals surface area contributed by atoms with Crippen molar-refractivity contribution in [1.29, 1.82) is 0 Å². The van der Waals surface area contributed by atoms with Gasteiger partial charge in [-0.2, -0.15) is 11.8 Å². The molecular weight excluding hydrogens is 390 g/mol. The Kier molecular flexibility index (Phi) is 17.2. The zero-order valence-electron chi connectivity index (χ0n) is 18.8. The predicted octanol–water partition coefficient (Wildman–Crippen LogP) is 1.45. The molecule has 0 aromatic carbocycles. The van der Waals surface area contributed by atoms with Crippen LogP contribution in [-0.4, -0.2) is 74.9 Å². The van der Waals surface area contributed by atoms with Gasteiger partial charge < -0.3 is 31.7 Å². The third-order valence-corrected chi connectivity index (χ3v) is 4.61. The van der Waals surface area contributed by atoms with Crippen LogP contribution in [0.4, 0.5) is 4.79 Å². The summed E-state index contributed by atoms with van der Waals surface area (Å²) in [4.78, 5) is 24.4. The molecule has 0 aromatic heterocycles. The normalized spacial score (nSPS) is 12.4. The van der Waals surface area contributed by atoms with Gasteiger partial charge in [-0.25, -0.2) is 4.79 Å². The third kappa shape index (κ3) is 18.7. The molecule has 0 aliphatic carbocycles. The summed E-state index contributed by atoms with van der Waals surface area (Å²) in [6.45, 7) is 10.6. The van der Waals surface area contributed by atoms with Crippen LogP contribution in [0, 0.1) is 0 Å². The van der Waals surface area contributed by atoms with E-state index in [0.29, 0.717) is 13.0 Å². The van der Waals surface area contributed by atoms with Crippen molar-refractivity contribution in [3.05, 3.63) is 0 Å². The lowest BCUT2D eigenvalue weighted by Gasteiger charge is -2.23. The lowest BCUT2D eigenvalue weighted by molar-refractivity contribution is -0.123. The van der Waals surface area contributed by atoms with Crippen molar-refractivity contribution in [3.8, 4) is 0 Å². The summed E-state index contributed by atoms with van der Waals surface area (Å²) in [6, 6.07) is -0.572. The van der Waals surface area contributed by atoms with Crippen LogP contribution < -0.4 is 27.0 Å². The van der Waals surface area contributed by atoms with Crippen molar-refractivity contribution in [2.75, 3.05) is 51.3 Å². The van der Waals surface area contributed by atoms with Gasteiger partial charge in [0.05, 0.1) is 0 Å². The molecule has 1 atom stereocenters. The van der Waals surface area contributed by atoms with Crippen molar-refractivity contribution in [1.82, 2.24) is 21.3 Å². The summed E-state index contributed by atoms with van der Waals surface area (Å²) in [5.41, 5.74) is 4.86. The Morgan fingerprint density at radius 2 is 1.55 bits per heavy atom. The van der Waals surface area contributed by atoms with Crippen LogP contribution >= 0.6 is 11.8 Å². The van der Waals surface area contributed by atoms with Crippen LogP contribution in [0.2, 0.25) is 0 Å². The van der Waals surface area contributed by atoms with Gasteiger partial charge in [0.1, 0.15) is 11.6 Å². The van der Waals surface area contributed by atoms with Gasteiger partial charge in [-0.1, -0.05) is 0 Å². The first kappa shape index (κ1) is 28.0. The number of unbranched alkanes of at least 4 members (excludes halogenated alkanes) is 1. The number of amides is 2. The fourth-order valence-corrected chi connectivity index (χ4v) is 2.95. The molecule has 0 saturated heterocycles. The minimum Gasteiger partial charge on any atom is -0.444 e. The van der Waals surface area contributed by atoms with Crippen LogP contribution in [0.25, 0.3) is 0 Å². The fourth-order valence-electron chi connectivity index (χ4n) is 2.48. The molecule has 0 aromatic rings. The van der Waals surface area contributed by atoms with Gasteiger partial charge >= 0.3 is 6.09 Å². The number of ether oxygens (including phenoxy) is 1. The van der Waals surface area contributed by atoms with Crippen LogP contribution in [0.15, 0.2) is 0 Å². The zero-order chi connectivity index (χ0) is 22.0. The number of hydrogen-bond donors (Lipinski definition) is 5. The molecule has 2 amide bonds. The van der Waals surface area contributed by atoms with Gasteiger partial charge in [0.15, 0.2) is 0 Å². The highest BCUT2D eigenvalue weighted by atomic mass is 32.2.